The van der Waals surface area contributed by atoms with Crippen LogP contribution in [-0.4, -0.2) is 13.1 Å². The monoisotopic (exact) mass is 285 g/mol. The van der Waals surface area contributed by atoms with Gasteiger partial charge in [-0.25, -0.2) is 0 Å². The number of hydrogen-bond donors (Lipinski definition) is 0. The molecule has 0 aromatic carbocycles. The first kappa shape index (κ1) is 10.9. The van der Waals surface area contributed by atoms with Gasteiger partial charge in [0, 0.05) is 21.1 Å². The van der Waals surface area contributed by atoms with Crippen molar-refractivity contribution in [1.29, 1.82) is 0 Å². The molecule has 8 heavy (non-hydrogen) atoms. The fourth-order valence-electron chi connectivity index (χ4n) is 0.204. The van der Waals surface area contributed by atoms with Crippen molar-refractivity contribution in [3.63, 3.8) is 0 Å². The van der Waals surface area contributed by atoms with Crippen molar-refractivity contribution in [2.24, 2.45) is 0 Å². The summed E-state index contributed by atoms with van der Waals surface area (Å²) in [5, 5.41) is 0. The molecule has 0 N–H and O–H groups in total. The first-order chi connectivity index (χ1) is 3.18. The number of hydrogen-bond acceptors (Lipinski definition) is 2. The van der Waals surface area contributed by atoms with Crippen LogP contribution in [0.4, 0.5) is 0 Å². The number of esters is 1. The molecule has 0 aliphatic heterocycles. The van der Waals surface area contributed by atoms with E-state index >= 15 is 0 Å². The molecule has 0 spiro atoms. The average molecular weight is 285 g/mol. The second-order valence-corrected chi connectivity index (χ2v) is 1.49. The Kier molecular flexibility index (Phi) is 7.05. The van der Waals surface area contributed by atoms with Crippen LogP contribution in [0.2, 0.25) is 0 Å². The molecule has 2 nitrogen and oxygen atoms in total. The molecule has 0 bridgehead atoms. The summed E-state index contributed by atoms with van der Waals surface area (Å²) in [5.74, 6) is 0.447. The van der Waals surface area contributed by atoms with E-state index in [0.29, 0.717) is 5.92 Å². The van der Waals surface area contributed by atoms with Gasteiger partial charge in [-0.2, -0.15) is 13.8 Å². The summed E-state index contributed by atoms with van der Waals surface area (Å²) in [6.45, 7) is 3.43. The van der Waals surface area contributed by atoms with Crippen LogP contribution in [0.1, 0.15) is 13.8 Å². The summed E-state index contributed by atoms with van der Waals surface area (Å²) in [5.41, 5.74) is 0. The number of rotatable bonds is 1. The van der Waals surface area contributed by atoms with Gasteiger partial charge >= 0.3 is 0 Å². The Morgan fingerprint density at radius 3 is 1.88 bits per heavy atom. The van der Waals surface area contributed by atoms with E-state index in [0.717, 1.165) is 0 Å². The Morgan fingerprint density at radius 1 is 1.50 bits per heavy atom. The van der Waals surface area contributed by atoms with E-state index in [9.17, 15) is 4.79 Å². The molecular weight excluding hydrogens is 276 g/mol. The first-order valence-electron chi connectivity index (χ1n) is 2.07. The molecule has 0 fully saturated rings. The summed E-state index contributed by atoms with van der Waals surface area (Å²) in [6.07, 6.45) is 0. The van der Waals surface area contributed by atoms with Crippen LogP contribution in [0, 0.1) is 5.92 Å². The van der Waals surface area contributed by atoms with Gasteiger partial charge in [0.2, 0.25) is 0 Å². The van der Waals surface area contributed by atoms with Gasteiger partial charge < -0.3 is 4.74 Å². The third-order valence-electron chi connectivity index (χ3n) is 0.594. The minimum Gasteiger partial charge on any atom is -0.491 e. The van der Waals surface area contributed by atoms with Crippen LogP contribution in [0.3, 0.4) is 0 Å². The van der Waals surface area contributed by atoms with Gasteiger partial charge in [-0.05, 0) is 0 Å². The smallest absolute Gasteiger partial charge is 0.168 e. The van der Waals surface area contributed by atoms with Gasteiger partial charge in [0.25, 0.3) is 0 Å². The van der Waals surface area contributed by atoms with Crippen molar-refractivity contribution in [1.82, 2.24) is 0 Å². The van der Waals surface area contributed by atoms with Crippen LogP contribution in [0.25, 0.3) is 0 Å². The summed E-state index contributed by atoms with van der Waals surface area (Å²) in [4.78, 5) is 10.3. The third-order valence-corrected chi connectivity index (χ3v) is 0.594. The molecule has 0 radical (unpaired) electrons. The van der Waals surface area contributed by atoms with Crippen LogP contribution >= 0.6 is 0 Å². The van der Waals surface area contributed by atoms with E-state index in [1.807, 2.05) is 0 Å². The second kappa shape index (κ2) is 5.17. The number of carbonyl (C=O) groups excluding carboxylic acids is 1. The largest absolute Gasteiger partial charge is 0.491 e. The van der Waals surface area contributed by atoms with Crippen molar-refractivity contribution in [3.8, 4) is 0 Å². The molecule has 0 saturated carbocycles. The maximum atomic E-state index is 10.3. The average Bonchev–Trinajstić information content (AvgIpc) is 1.65. The molecule has 0 unspecified atom stereocenters. The maximum absolute atomic E-state index is 10.3. The van der Waals surface area contributed by atoms with E-state index in [2.05, 4.69) is 4.74 Å². The van der Waals surface area contributed by atoms with E-state index in [1.54, 1.807) is 13.8 Å². The molecule has 48 valence electrons. The zero-order valence-electron chi connectivity index (χ0n) is 5.22. The van der Waals surface area contributed by atoms with Crippen LogP contribution < -0.4 is 0 Å². The fourth-order valence-corrected chi connectivity index (χ4v) is 0.204. The van der Waals surface area contributed by atoms with E-state index in [4.69, 9.17) is 0 Å². The van der Waals surface area contributed by atoms with Gasteiger partial charge in [-0.15, -0.1) is 0 Å². The van der Waals surface area contributed by atoms with Crippen molar-refractivity contribution in [3.05, 3.63) is 5.92 Å². The van der Waals surface area contributed by atoms with E-state index in [-0.39, 0.29) is 27.0 Å². The summed E-state index contributed by atoms with van der Waals surface area (Å²) < 4.78 is 4.34. The topological polar surface area (TPSA) is 26.3 Å². The van der Waals surface area contributed by atoms with Crippen molar-refractivity contribution in [2.45, 2.75) is 13.8 Å². The molecular formula is C5H9O2W-. The van der Waals surface area contributed by atoms with Crippen LogP contribution in [0.5, 0.6) is 0 Å². The van der Waals surface area contributed by atoms with Crippen LogP contribution in [0.15, 0.2) is 0 Å². The third kappa shape index (κ3) is 4.19. The molecule has 0 aliphatic carbocycles. The quantitative estimate of drug-likeness (QED) is 0.525. The van der Waals surface area contributed by atoms with Gasteiger partial charge in [-0.3, -0.25) is 10.7 Å². The van der Waals surface area contributed by atoms with Gasteiger partial charge in [-0.1, -0.05) is 0 Å². The van der Waals surface area contributed by atoms with Gasteiger partial charge in [0.1, 0.15) is 0 Å². The summed E-state index contributed by atoms with van der Waals surface area (Å²) >= 11 is 0. The molecule has 0 aliphatic rings. The number of ether oxygens (including phenoxy) is 1. The minimum absolute atomic E-state index is 0. The Hall–Kier alpha value is 0.0283. The zero-order chi connectivity index (χ0) is 5.86. The molecule has 0 atom stereocenters. The van der Waals surface area contributed by atoms with Crippen LogP contribution in [-0.2, 0) is 30.6 Å². The minimum atomic E-state index is -0.236. The maximum Gasteiger partial charge on any atom is 0.168 e. The van der Waals surface area contributed by atoms with Gasteiger partial charge in [0.15, 0.2) is 5.97 Å². The van der Waals surface area contributed by atoms with Crippen molar-refractivity contribution < 1.29 is 30.6 Å². The van der Waals surface area contributed by atoms with Crippen molar-refractivity contribution in [2.75, 3.05) is 7.11 Å². The Bertz CT molecular complexity index is 70.8. The summed E-state index contributed by atoms with van der Waals surface area (Å²) in [7, 11) is 1.37. The SMILES string of the molecule is COC(=O)[C-](C)C.[W]. The van der Waals surface area contributed by atoms with E-state index < -0.39 is 0 Å². The fraction of sp³-hybridized carbons (Fsp3) is 0.600. The Labute approximate surface area is 63.9 Å². The number of carbonyl (C=O) groups is 1. The molecule has 0 saturated heterocycles. The predicted octanol–water partition coefficient (Wildman–Crippen LogP) is 0.771. The van der Waals surface area contributed by atoms with E-state index in [1.165, 1.54) is 7.11 Å². The molecule has 0 rings (SSSR count). The zero-order valence-corrected chi connectivity index (χ0v) is 8.16. The second-order valence-electron chi connectivity index (χ2n) is 1.49. The van der Waals surface area contributed by atoms with Crippen molar-refractivity contribution >= 4 is 5.97 Å². The van der Waals surface area contributed by atoms with Gasteiger partial charge in [0.05, 0.1) is 7.11 Å². The number of methoxy groups -OCH3 is 1. The Morgan fingerprint density at radius 2 is 1.88 bits per heavy atom. The standard InChI is InChI=1S/C5H9O2.W/c1-4(2)5(6)7-3;/h1-3H3;/q-1;. The normalized spacial score (nSPS) is 6.88. The Balaban J connectivity index is 0. The predicted molar refractivity (Wildman–Crippen MR) is 26.6 cm³/mol. The molecule has 0 aromatic rings. The molecule has 3 heteroatoms. The molecule has 0 heterocycles. The molecule has 0 amide bonds. The molecule has 0 aromatic heterocycles. The summed E-state index contributed by atoms with van der Waals surface area (Å²) in [6, 6.07) is 0. The first-order valence-corrected chi connectivity index (χ1v) is 2.07.